The molecule has 0 atom stereocenters. The fraction of sp³-hybridized carbons (Fsp3) is 0.450. The summed E-state index contributed by atoms with van der Waals surface area (Å²) in [5.74, 6) is -0.561. The van der Waals surface area contributed by atoms with E-state index in [9.17, 15) is 14.4 Å². The van der Waals surface area contributed by atoms with Gasteiger partial charge in [0, 0.05) is 17.3 Å². The standard InChI is InChI=1S/C20H28N2O6/c1-19(2,3)27-17(24)21-14-9-10-15(22-18(25)28-20(4,5)6)13(12-14)8-11-16(23)26-7/h8-12H,1-7H3,(H,21,24)(H,22,25). The number of nitrogens with one attached hydrogen (secondary N) is 2. The predicted octanol–water partition coefficient (Wildman–Crippen LogP) is 4.57. The molecule has 0 heterocycles. The van der Waals surface area contributed by atoms with Crippen molar-refractivity contribution in [2.24, 2.45) is 0 Å². The lowest BCUT2D eigenvalue weighted by atomic mass is 10.1. The Bertz CT molecular complexity index is 757. The number of carbonyl (C=O) groups is 3. The van der Waals surface area contributed by atoms with Crippen molar-refractivity contribution in [2.75, 3.05) is 17.7 Å². The Morgan fingerprint density at radius 3 is 1.93 bits per heavy atom. The molecule has 8 heteroatoms. The third-order valence-corrected chi connectivity index (χ3v) is 2.93. The van der Waals surface area contributed by atoms with Gasteiger partial charge in [0.15, 0.2) is 0 Å². The van der Waals surface area contributed by atoms with E-state index in [1.54, 1.807) is 59.7 Å². The van der Waals surface area contributed by atoms with Crippen LogP contribution in [0, 0.1) is 0 Å². The minimum absolute atomic E-state index is 0.393. The second-order valence-electron chi connectivity index (χ2n) is 7.91. The number of ether oxygens (including phenoxy) is 3. The molecule has 1 aromatic rings. The van der Waals surface area contributed by atoms with Crippen molar-refractivity contribution < 1.29 is 28.6 Å². The van der Waals surface area contributed by atoms with Gasteiger partial charge in [-0.15, -0.1) is 0 Å². The highest BCUT2D eigenvalue weighted by Crippen LogP contribution is 2.24. The van der Waals surface area contributed by atoms with Crippen LogP contribution in [0.3, 0.4) is 0 Å². The average Bonchev–Trinajstić information content (AvgIpc) is 2.50. The second-order valence-corrected chi connectivity index (χ2v) is 7.91. The Morgan fingerprint density at radius 1 is 0.893 bits per heavy atom. The molecule has 8 nitrogen and oxygen atoms in total. The number of esters is 1. The van der Waals surface area contributed by atoms with Crippen LogP contribution in [0.4, 0.5) is 21.0 Å². The van der Waals surface area contributed by atoms with Crippen LogP contribution in [0.1, 0.15) is 47.1 Å². The molecule has 0 aromatic heterocycles. The molecule has 0 saturated carbocycles. The van der Waals surface area contributed by atoms with Crippen molar-refractivity contribution in [2.45, 2.75) is 52.7 Å². The average molecular weight is 392 g/mol. The largest absolute Gasteiger partial charge is 0.466 e. The highest BCUT2D eigenvalue weighted by Gasteiger charge is 2.18. The van der Waals surface area contributed by atoms with Crippen molar-refractivity contribution in [1.82, 2.24) is 0 Å². The molecular weight excluding hydrogens is 364 g/mol. The van der Waals surface area contributed by atoms with E-state index in [-0.39, 0.29) is 0 Å². The lowest BCUT2D eigenvalue weighted by Gasteiger charge is -2.21. The van der Waals surface area contributed by atoms with E-state index < -0.39 is 29.4 Å². The third-order valence-electron chi connectivity index (χ3n) is 2.93. The number of rotatable bonds is 4. The predicted molar refractivity (Wildman–Crippen MR) is 107 cm³/mol. The Kier molecular flexibility index (Phi) is 7.60. The summed E-state index contributed by atoms with van der Waals surface area (Å²) in [6.45, 7) is 10.5. The van der Waals surface area contributed by atoms with Gasteiger partial charge in [-0.3, -0.25) is 10.6 Å². The molecule has 0 bridgehead atoms. The number of methoxy groups -OCH3 is 1. The van der Waals surface area contributed by atoms with E-state index in [4.69, 9.17) is 9.47 Å². The molecule has 1 aromatic carbocycles. The first kappa shape index (κ1) is 23.0. The molecular formula is C20H28N2O6. The Morgan fingerprint density at radius 2 is 1.43 bits per heavy atom. The van der Waals surface area contributed by atoms with Gasteiger partial charge in [0.1, 0.15) is 11.2 Å². The summed E-state index contributed by atoms with van der Waals surface area (Å²) >= 11 is 0. The van der Waals surface area contributed by atoms with Crippen LogP contribution < -0.4 is 10.6 Å². The van der Waals surface area contributed by atoms with Gasteiger partial charge in [-0.2, -0.15) is 0 Å². The zero-order valence-electron chi connectivity index (χ0n) is 17.3. The molecule has 0 spiro atoms. The van der Waals surface area contributed by atoms with Crippen molar-refractivity contribution in [3.05, 3.63) is 29.8 Å². The van der Waals surface area contributed by atoms with E-state index in [1.165, 1.54) is 19.3 Å². The second kappa shape index (κ2) is 9.25. The lowest BCUT2D eigenvalue weighted by Crippen LogP contribution is -2.28. The Balaban J connectivity index is 3.08. The smallest absolute Gasteiger partial charge is 0.412 e. The Hall–Kier alpha value is -3.03. The highest BCUT2D eigenvalue weighted by molar-refractivity contribution is 5.93. The van der Waals surface area contributed by atoms with Gasteiger partial charge >= 0.3 is 18.2 Å². The van der Waals surface area contributed by atoms with E-state index in [1.807, 2.05) is 0 Å². The van der Waals surface area contributed by atoms with Gasteiger partial charge in [0.05, 0.1) is 12.8 Å². The first-order valence-corrected chi connectivity index (χ1v) is 8.69. The quantitative estimate of drug-likeness (QED) is 0.442. The number of benzene rings is 1. The van der Waals surface area contributed by atoms with Crippen LogP contribution in [0.15, 0.2) is 24.3 Å². The van der Waals surface area contributed by atoms with E-state index in [0.717, 1.165) is 0 Å². The molecule has 1 rings (SSSR count). The molecule has 2 N–H and O–H groups in total. The third kappa shape index (κ3) is 9.07. The molecule has 2 amide bonds. The van der Waals surface area contributed by atoms with Gasteiger partial charge < -0.3 is 14.2 Å². The van der Waals surface area contributed by atoms with Crippen LogP contribution in [-0.4, -0.2) is 36.5 Å². The van der Waals surface area contributed by atoms with Gasteiger partial charge in [-0.05, 0) is 65.8 Å². The molecule has 154 valence electrons. The van der Waals surface area contributed by atoms with Gasteiger partial charge in [-0.25, -0.2) is 14.4 Å². The molecule has 0 radical (unpaired) electrons. The fourth-order valence-electron chi connectivity index (χ4n) is 1.95. The first-order valence-electron chi connectivity index (χ1n) is 8.69. The van der Waals surface area contributed by atoms with Gasteiger partial charge in [0.25, 0.3) is 0 Å². The number of anilines is 2. The van der Waals surface area contributed by atoms with Crippen LogP contribution in [0.5, 0.6) is 0 Å². The maximum atomic E-state index is 12.1. The molecule has 0 aliphatic rings. The van der Waals surface area contributed by atoms with Crippen LogP contribution >= 0.6 is 0 Å². The first-order chi connectivity index (χ1) is 12.8. The zero-order chi connectivity index (χ0) is 21.5. The highest BCUT2D eigenvalue weighted by atomic mass is 16.6. The lowest BCUT2D eigenvalue weighted by molar-refractivity contribution is -0.134. The molecule has 0 unspecified atom stereocenters. The maximum Gasteiger partial charge on any atom is 0.412 e. The number of amides is 2. The summed E-state index contributed by atoms with van der Waals surface area (Å²) in [6, 6.07) is 4.75. The summed E-state index contributed by atoms with van der Waals surface area (Å²) in [7, 11) is 1.26. The fourth-order valence-corrected chi connectivity index (χ4v) is 1.95. The van der Waals surface area contributed by atoms with Gasteiger partial charge in [-0.1, -0.05) is 0 Å². The molecule has 0 aliphatic carbocycles. The SMILES string of the molecule is COC(=O)C=Cc1cc(NC(=O)OC(C)(C)C)ccc1NC(=O)OC(C)(C)C. The summed E-state index contributed by atoms with van der Waals surface area (Å²) in [5.41, 5.74) is -0.0253. The van der Waals surface area contributed by atoms with Crippen LogP contribution in [0.25, 0.3) is 6.08 Å². The van der Waals surface area contributed by atoms with Crippen molar-refractivity contribution in [1.29, 1.82) is 0 Å². The molecule has 28 heavy (non-hydrogen) atoms. The molecule has 0 fully saturated rings. The number of carbonyl (C=O) groups excluding carboxylic acids is 3. The van der Waals surface area contributed by atoms with Crippen LogP contribution in [0.2, 0.25) is 0 Å². The normalized spacial score (nSPS) is 11.7. The van der Waals surface area contributed by atoms with Crippen molar-refractivity contribution in [3.63, 3.8) is 0 Å². The van der Waals surface area contributed by atoms with E-state index >= 15 is 0 Å². The Labute approximate surface area is 165 Å². The summed E-state index contributed by atoms with van der Waals surface area (Å²) in [6.07, 6.45) is 1.39. The number of hydrogen-bond donors (Lipinski definition) is 2. The minimum atomic E-state index is -0.662. The molecule has 0 saturated heterocycles. The zero-order valence-corrected chi connectivity index (χ0v) is 17.3. The van der Waals surface area contributed by atoms with Crippen molar-refractivity contribution in [3.8, 4) is 0 Å². The van der Waals surface area contributed by atoms with Gasteiger partial charge in [0.2, 0.25) is 0 Å². The monoisotopic (exact) mass is 392 g/mol. The van der Waals surface area contributed by atoms with Crippen molar-refractivity contribution >= 4 is 35.6 Å². The maximum absolute atomic E-state index is 12.1. The van der Waals surface area contributed by atoms with E-state index in [0.29, 0.717) is 16.9 Å². The summed E-state index contributed by atoms with van der Waals surface area (Å²) in [4.78, 5) is 35.4. The van der Waals surface area contributed by atoms with Crippen LogP contribution in [-0.2, 0) is 19.0 Å². The topological polar surface area (TPSA) is 103 Å². The molecule has 0 aliphatic heterocycles. The summed E-state index contributed by atoms with van der Waals surface area (Å²) in [5, 5.41) is 5.22. The number of hydrogen-bond acceptors (Lipinski definition) is 6. The minimum Gasteiger partial charge on any atom is -0.466 e. The van der Waals surface area contributed by atoms with E-state index in [2.05, 4.69) is 15.4 Å². The summed E-state index contributed by atoms with van der Waals surface area (Å²) < 4.78 is 15.0.